The van der Waals surface area contributed by atoms with Gasteiger partial charge >= 0.3 is 6.85 Å². The third-order valence-corrected chi connectivity index (χ3v) is 13.8. The molecule has 0 bridgehead atoms. The van der Waals surface area contributed by atoms with Gasteiger partial charge < -0.3 is 23.3 Å². The Morgan fingerprint density at radius 2 is 1.25 bits per heavy atom. The number of aryl methyl sites for hydroxylation is 1. The fourth-order valence-electron chi connectivity index (χ4n) is 10.8. The van der Waals surface area contributed by atoms with Gasteiger partial charge in [-0.25, -0.2) is 0 Å². The standard InChI is InChI=1S/C51H39BN2O3/c1-28-23-34-35(51(4,5)22-21-50(34,2)3)26-38(28)53-39-27-45-32(29-13-6-9-17-41(29)55-45)24-36(39)52-47-40(53)25-33-30-14-7-10-18-42(30)57-49(33)46(47)31-15-12-20-44-48(31)54(52)37-16-8-11-19-43(37)56-44/h6-20,23-27H,21-22H2,1-5H3. The first kappa shape index (κ1) is 31.8. The van der Waals surface area contributed by atoms with Gasteiger partial charge in [0.1, 0.15) is 28.1 Å². The van der Waals surface area contributed by atoms with E-state index in [0.29, 0.717) is 0 Å². The first-order valence-electron chi connectivity index (χ1n) is 20.2. The molecule has 0 unspecified atom stereocenters. The van der Waals surface area contributed by atoms with Crippen LogP contribution in [-0.4, -0.2) is 6.85 Å². The molecule has 0 amide bonds. The maximum Gasteiger partial charge on any atom is 0.333 e. The molecule has 5 nitrogen and oxygen atoms in total. The van der Waals surface area contributed by atoms with Gasteiger partial charge in [-0.1, -0.05) is 100 Å². The summed E-state index contributed by atoms with van der Waals surface area (Å²) in [5, 5.41) is 4.45. The van der Waals surface area contributed by atoms with Crippen molar-refractivity contribution in [2.45, 2.75) is 58.3 Å². The van der Waals surface area contributed by atoms with Crippen LogP contribution < -0.4 is 25.4 Å². The summed E-state index contributed by atoms with van der Waals surface area (Å²) in [6, 6.07) is 44.0. The minimum atomic E-state index is -0.191. The lowest BCUT2D eigenvalue weighted by molar-refractivity contribution is 0.332. The zero-order valence-corrected chi connectivity index (χ0v) is 32.7. The van der Waals surface area contributed by atoms with Gasteiger partial charge in [0.15, 0.2) is 5.75 Å². The molecule has 0 fully saturated rings. The van der Waals surface area contributed by atoms with Crippen LogP contribution >= 0.6 is 0 Å². The second-order valence-corrected chi connectivity index (χ2v) is 17.9. The zero-order chi connectivity index (χ0) is 38.1. The van der Waals surface area contributed by atoms with E-state index < -0.39 is 0 Å². The van der Waals surface area contributed by atoms with E-state index in [0.717, 1.165) is 95.7 Å². The summed E-state index contributed by atoms with van der Waals surface area (Å²) in [5.74, 6) is 1.70. The average Bonchev–Trinajstić information content (AvgIpc) is 3.77. The van der Waals surface area contributed by atoms with E-state index in [1.165, 1.54) is 39.7 Å². The smallest absolute Gasteiger partial charge is 0.333 e. The lowest BCUT2D eigenvalue weighted by Gasteiger charge is -2.48. The number of fused-ring (bicyclic) bond motifs is 14. The molecule has 1 aliphatic carbocycles. The highest BCUT2D eigenvalue weighted by Gasteiger charge is 2.50. The summed E-state index contributed by atoms with van der Waals surface area (Å²) in [6.07, 6.45) is 2.32. The molecule has 0 radical (unpaired) electrons. The van der Waals surface area contributed by atoms with E-state index in [4.69, 9.17) is 13.6 Å². The van der Waals surface area contributed by atoms with Crippen LogP contribution in [0.5, 0.6) is 11.5 Å². The summed E-state index contributed by atoms with van der Waals surface area (Å²) in [7, 11) is 0. The summed E-state index contributed by atoms with van der Waals surface area (Å²) in [5.41, 5.74) is 18.2. The van der Waals surface area contributed by atoms with Crippen molar-refractivity contribution in [1.82, 2.24) is 0 Å². The molecule has 2 aromatic heterocycles. The van der Waals surface area contributed by atoms with Crippen molar-refractivity contribution in [2.75, 3.05) is 9.71 Å². The first-order valence-corrected chi connectivity index (χ1v) is 20.2. The largest absolute Gasteiger partial charge is 0.456 e. The summed E-state index contributed by atoms with van der Waals surface area (Å²) in [6.45, 7) is 11.8. The Bertz CT molecular complexity index is 3280. The van der Waals surface area contributed by atoms with Crippen molar-refractivity contribution >= 4 is 90.1 Å². The summed E-state index contributed by atoms with van der Waals surface area (Å²) < 4.78 is 20.4. The van der Waals surface area contributed by atoms with Crippen molar-refractivity contribution in [3.05, 3.63) is 138 Å². The highest BCUT2D eigenvalue weighted by Crippen LogP contribution is 2.58. The van der Waals surface area contributed by atoms with Crippen LogP contribution in [0, 0.1) is 6.92 Å². The minimum absolute atomic E-state index is 0.0359. The van der Waals surface area contributed by atoms with E-state index in [1.54, 1.807) is 0 Å². The van der Waals surface area contributed by atoms with Crippen LogP contribution in [0.15, 0.2) is 130 Å². The number of rotatable bonds is 1. The van der Waals surface area contributed by atoms with Gasteiger partial charge in [-0.3, -0.25) is 0 Å². The molecule has 274 valence electrons. The highest BCUT2D eigenvalue weighted by atomic mass is 16.5. The molecule has 7 aromatic carbocycles. The van der Waals surface area contributed by atoms with E-state index in [2.05, 4.69) is 166 Å². The number of benzene rings is 7. The monoisotopic (exact) mass is 738 g/mol. The number of para-hydroxylation sites is 5. The molecular weight excluding hydrogens is 699 g/mol. The van der Waals surface area contributed by atoms with Gasteiger partial charge in [0.05, 0.1) is 11.4 Å². The van der Waals surface area contributed by atoms with Gasteiger partial charge in [0.2, 0.25) is 0 Å². The first-order chi connectivity index (χ1) is 27.7. The lowest BCUT2D eigenvalue weighted by Crippen LogP contribution is -2.62. The molecule has 5 heterocycles. The molecule has 3 aliphatic heterocycles. The Balaban J connectivity index is 1.23. The second-order valence-electron chi connectivity index (χ2n) is 17.9. The summed E-state index contributed by atoms with van der Waals surface area (Å²) >= 11 is 0. The molecule has 9 aromatic rings. The summed E-state index contributed by atoms with van der Waals surface area (Å²) in [4.78, 5) is 5.10. The van der Waals surface area contributed by atoms with Crippen molar-refractivity contribution in [3.63, 3.8) is 0 Å². The molecule has 0 saturated carbocycles. The van der Waals surface area contributed by atoms with Gasteiger partial charge in [0.25, 0.3) is 0 Å². The van der Waals surface area contributed by atoms with E-state index in [-0.39, 0.29) is 17.7 Å². The SMILES string of the molecule is Cc1cc2c(cc1N1c3cc4oc5ccccc5c4cc3B3c4c1cc1c(oc5ccccc51)c4-c1cccc4c1N3c1ccccc1O4)C(C)(C)CCC2(C)C. The third kappa shape index (κ3) is 4.00. The van der Waals surface area contributed by atoms with Gasteiger partial charge in [0, 0.05) is 55.8 Å². The quantitative estimate of drug-likeness (QED) is 0.157. The lowest BCUT2D eigenvalue weighted by atomic mass is 9.43. The minimum Gasteiger partial charge on any atom is -0.456 e. The van der Waals surface area contributed by atoms with E-state index >= 15 is 0 Å². The normalized spacial score (nSPS) is 16.7. The Kier molecular flexibility index (Phi) is 5.86. The second kappa shape index (κ2) is 10.5. The van der Waals surface area contributed by atoms with Gasteiger partial charge in [-0.05, 0) is 101 Å². The number of furan rings is 2. The number of nitrogens with zero attached hydrogens (tertiary/aromatic N) is 2. The molecule has 0 saturated heterocycles. The maximum atomic E-state index is 6.98. The van der Waals surface area contributed by atoms with Crippen LogP contribution in [-0.2, 0) is 10.8 Å². The van der Waals surface area contributed by atoms with E-state index in [1.807, 2.05) is 0 Å². The zero-order valence-electron chi connectivity index (χ0n) is 32.7. The van der Waals surface area contributed by atoms with Crippen LogP contribution in [0.4, 0.5) is 28.4 Å². The van der Waals surface area contributed by atoms with Gasteiger partial charge in [-0.15, -0.1) is 0 Å². The molecule has 0 atom stereocenters. The molecule has 57 heavy (non-hydrogen) atoms. The Morgan fingerprint density at radius 3 is 2.05 bits per heavy atom. The number of ether oxygens (including phenoxy) is 1. The van der Waals surface area contributed by atoms with Crippen LogP contribution in [0.25, 0.3) is 55.0 Å². The fourth-order valence-corrected chi connectivity index (χ4v) is 10.8. The molecule has 0 N–H and O–H groups in total. The number of hydrogen-bond acceptors (Lipinski definition) is 5. The van der Waals surface area contributed by atoms with Crippen molar-refractivity contribution in [1.29, 1.82) is 0 Å². The van der Waals surface area contributed by atoms with Crippen molar-refractivity contribution < 1.29 is 13.6 Å². The molecule has 0 spiro atoms. The Morgan fingerprint density at radius 1 is 0.561 bits per heavy atom. The molecule has 6 heteroatoms. The molecular formula is C51H39BN2O3. The maximum absolute atomic E-state index is 6.98. The number of anilines is 5. The predicted molar refractivity (Wildman–Crippen MR) is 235 cm³/mol. The van der Waals surface area contributed by atoms with Crippen molar-refractivity contribution in [3.8, 4) is 22.6 Å². The van der Waals surface area contributed by atoms with Crippen LogP contribution in [0.2, 0.25) is 0 Å². The van der Waals surface area contributed by atoms with Crippen molar-refractivity contribution in [2.24, 2.45) is 0 Å². The molecule has 13 rings (SSSR count). The highest BCUT2D eigenvalue weighted by molar-refractivity contribution is 6.94. The third-order valence-electron chi connectivity index (χ3n) is 13.8. The van der Waals surface area contributed by atoms with Crippen LogP contribution in [0.3, 0.4) is 0 Å². The van der Waals surface area contributed by atoms with Gasteiger partial charge in [-0.2, -0.15) is 0 Å². The van der Waals surface area contributed by atoms with Crippen LogP contribution in [0.1, 0.15) is 57.2 Å². The number of hydrogen-bond donors (Lipinski definition) is 0. The average molecular weight is 739 g/mol. The predicted octanol–water partition coefficient (Wildman–Crippen LogP) is 13.0. The van der Waals surface area contributed by atoms with E-state index in [9.17, 15) is 0 Å². The Hall–Kier alpha value is -6.40. The topological polar surface area (TPSA) is 42.0 Å². The Labute approximate surface area is 331 Å². The molecule has 4 aliphatic rings. The fraction of sp³-hybridized carbons (Fsp3) is 0.176.